The number of hydrogen-bond acceptors (Lipinski definition) is 3. The molecule has 0 saturated heterocycles. The number of allylic oxidation sites excluding steroid dienone is 2. The largest absolute Gasteiger partial charge is 0.289 e. The van der Waals surface area contributed by atoms with E-state index in [1.54, 1.807) is 6.08 Å². The number of alkyl halides is 1. The van der Waals surface area contributed by atoms with Crippen LogP contribution in [-0.2, 0) is 4.79 Å². The van der Waals surface area contributed by atoms with Gasteiger partial charge in [-0.3, -0.25) is 14.8 Å². The minimum atomic E-state index is -0.515. The molecule has 0 aromatic rings. The van der Waals surface area contributed by atoms with E-state index in [4.69, 9.17) is 11.6 Å². The standard InChI is InChI=1S/C8H5ClN2O/c9-8-7-5(1-3-11-8)6(12)2-4-10-7/h1-4,8H. The fourth-order valence-corrected chi connectivity index (χ4v) is 1.33. The van der Waals surface area contributed by atoms with Crippen LogP contribution in [0.2, 0.25) is 0 Å². The Bertz CT molecular complexity index is 352. The van der Waals surface area contributed by atoms with E-state index in [1.165, 1.54) is 18.5 Å². The van der Waals surface area contributed by atoms with Crippen molar-refractivity contribution in [2.75, 3.05) is 0 Å². The van der Waals surface area contributed by atoms with Crippen molar-refractivity contribution in [3.05, 3.63) is 23.9 Å². The van der Waals surface area contributed by atoms with Gasteiger partial charge in [0.05, 0.1) is 5.71 Å². The van der Waals surface area contributed by atoms with Crippen molar-refractivity contribution < 1.29 is 4.79 Å². The van der Waals surface area contributed by atoms with Gasteiger partial charge in [-0.15, -0.1) is 0 Å². The minimum Gasteiger partial charge on any atom is -0.289 e. The zero-order valence-corrected chi connectivity index (χ0v) is 6.82. The molecule has 1 unspecified atom stereocenters. The van der Waals surface area contributed by atoms with Crippen LogP contribution in [0.5, 0.6) is 0 Å². The molecule has 4 heteroatoms. The van der Waals surface area contributed by atoms with Crippen LogP contribution in [0.1, 0.15) is 0 Å². The Hall–Kier alpha value is -1.22. The van der Waals surface area contributed by atoms with Crippen LogP contribution in [0.25, 0.3) is 0 Å². The molecule has 12 heavy (non-hydrogen) atoms. The highest BCUT2D eigenvalue weighted by Gasteiger charge is 2.24. The maximum Gasteiger partial charge on any atom is 0.189 e. The Morgan fingerprint density at radius 1 is 1.50 bits per heavy atom. The lowest BCUT2D eigenvalue weighted by atomic mass is 10.0. The van der Waals surface area contributed by atoms with Gasteiger partial charge in [-0.25, -0.2) is 0 Å². The van der Waals surface area contributed by atoms with Crippen molar-refractivity contribution in [3.63, 3.8) is 0 Å². The van der Waals surface area contributed by atoms with E-state index in [2.05, 4.69) is 9.98 Å². The summed E-state index contributed by atoms with van der Waals surface area (Å²) >= 11 is 5.80. The summed E-state index contributed by atoms with van der Waals surface area (Å²) in [5.74, 6) is -0.0585. The topological polar surface area (TPSA) is 41.8 Å². The molecular formula is C8H5ClN2O. The van der Waals surface area contributed by atoms with E-state index in [1.807, 2.05) is 0 Å². The number of fused-ring (bicyclic) bond motifs is 1. The van der Waals surface area contributed by atoms with Gasteiger partial charge in [0, 0.05) is 24.1 Å². The molecule has 0 aromatic carbocycles. The number of nitrogens with zero attached hydrogens (tertiary/aromatic N) is 2. The fourth-order valence-electron chi connectivity index (χ4n) is 1.09. The summed E-state index contributed by atoms with van der Waals surface area (Å²) in [6, 6.07) is 0. The first kappa shape index (κ1) is 7.43. The molecule has 0 spiro atoms. The highest BCUT2D eigenvalue weighted by Crippen LogP contribution is 2.17. The van der Waals surface area contributed by atoms with Gasteiger partial charge in [0.2, 0.25) is 0 Å². The lowest BCUT2D eigenvalue weighted by Gasteiger charge is -2.15. The summed E-state index contributed by atoms with van der Waals surface area (Å²) < 4.78 is 0. The van der Waals surface area contributed by atoms with Crippen LogP contribution < -0.4 is 0 Å². The van der Waals surface area contributed by atoms with Crippen molar-refractivity contribution in [1.82, 2.24) is 0 Å². The first-order valence-electron chi connectivity index (χ1n) is 3.45. The highest BCUT2D eigenvalue weighted by atomic mass is 35.5. The first-order chi connectivity index (χ1) is 5.79. The van der Waals surface area contributed by atoms with E-state index in [9.17, 15) is 4.79 Å². The molecule has 3 nitrogen and oxygen atoms in total. The molecule has 0 amide bonds. The second-order valence-corrected chi connectivity index (χ2v) is 2.82. The van der Waals surface area contributed by atoms with E-state index >= 15 is 0 Å². The monoisotopic (exact) mass is 180 g/mol. The average molecular weight is 181 g/mol. The van der Waals surface area contributed by atoms with Gasteiger partial charge in [-0.1, -0.05) is 11.6 Å². The molecule has 0 aromatic heterocycles. The molecule has 0 aliphatic carbocycles. The Morgan fingerprint density at radius 2 is 2.33 bits per heavy atom. The van der Waals surface area contributed by atoms with Crippen LogP contribution in [-0.4, -0.2) is 23.2 Å². The fraction of sp³-hybridized carbons (Fsp3) is 0.125. The molecule has 0 fully saturated rings. The molecule has 2 rings (SSSR count). The molecule has 0 radical (unpaired) electrons. The summed E-state index contributed by atoms with van der Waals surface area (Å²) in [6.45, 7) is 0. The summed E-state index contributed by atoms with van der Waals surface area (Å²) in [5, 5.41) is 0. The Kier molecular flexibility index (Phi) is 1.66. The van der Waals surface area contributed by atoms with Crippen LogP contribution in [0, 0.1) is 0 Å². The summed E-state index contributed by atoms with van der Waals surface area (Å²) in [6.07, 6.45) is 6.02. The maximum absolute atomic E-state index is 11.2. The molecule has 0 bridgehead atoms. The maximum atomic E-state index is 11.2. The number of aliphatic imine (C=N–C) groups is 2. The van der Waals surface area contributed by atoms with Crippen LogP contribution in [0.4, 0.5) is 0 Å². The quantitative estimate of drug-likeness (QED) is 0.407. The molecule has 1 atom stereocenters. The number of carbonyl (C=O) groups excluding carboxylic acids is 1. The van der Waals surface area contributed by atoms with E-state index in [0.29, 0.717) is 11.3 Å². The number of halogens is 1. The van der Waals surface area contributed by atoms with Gasteiger partial charge in [0.1, 0.15) is 0 Å². The lowest BCUT2D eigenvalue weighted by molar-refractivity contribution is -0.110. The second-order valence-electron chi connectivity index (χ2n) is 2.41. The third-order valence-electron chi connectivity index (χ3n) is 1.66. The van der Waals surface area contributed by atoms with E-state index in [0.717, 1.165) is 0 Å². The normalized spacial score (nSPS) is 26.4. The number of hydrogen-bond donors (Lipinski definition) is 0. The smallest absolute Gasteiger partial charge is 0.189 e. The molecule has 2 aliphatic rings. The van der Waals surface area contributed by atoms with Crippen LogP contribution >= 0.6 is 11.6 Å². The Morgan fingerprint density at radius 3 is 3.08 bits per heavy atom. The molecule has 0 saturated carbocycles. The predicted molar refractivity (Wildman–Crippen MR) is 47.8 cm³/mol. The first-order valence-corrected chi connectivity index (χ1v) is 3.89. The van der Waals surface area contributed by atoms with Gasteiger partial charge in [-0.2, -0.15) is 0 Å². The minimum absolute atomic E-state index is 0.0585. The lowest BCUT2D eigenvalue weighted by Crippen LogP contribution is -2.24. The number of ketones is 1. The highest BCUT2D eigenvalue weighted by molar-refractivity contribution is 6.43. The van der Waals surface area contributed by atoms with Gasteiger partial charge in [-0.05, 0) is 6.08 Å². The average Bonchev–Trinajstić information content (AvgIpc) is 2.07. The predicted octanol–water partition coefficient (Wildman–Crippen LogP) is 1.10. The number of carbonyl (C=O) groups is 1. The zero-order chi connectivity index (χ0) is 8.55. The van der Waals surface area contributed by atoms with E-state index in [-0.39, 0.29) is 5.78 Å². The van der Waals surface area contributed by atoms with Crippen molar-refractivity contribution in [2.45, 2.75) is 5.50 Å². The van der Waals surface area contributed by atoms with E-state index < -0.39 is 5.50 Å². The van der Waals surface area contributed by atoms with Crippen molar-refractivity contribution >= 4 is 29.3 Å². The summed E-state index contributed by atoms with van der Waals surface area (Å²) in [5.41, 5.74) is 0.582. The SMILES string of the molecule is O=C1C=CN=C2C1=CC=NC2Cl. The van der Waals surface area contributed by atoms with Gasteiger partial charge < -0.3 is 0 Å². The van der Waals surface area contributed by atoms with Crippen molar-refractivity contribution in [3.8, 4) is 0 Å². The number of dihydropyridines is 1. The third kappa shape index (κ3) is 1.02. The van der Waals surface area contributed by atoms with Gasteiger partial charge in [0.15, 0.2) is 11.3 Å². The van der Waals surface area contributed by atoms with Gasteiger partial charge >= 0.3 is 0 Å². The number of rotatable bonds is 0. The summed E-state index contributed by atoms with van der Waals surface area (Å²) in [4.78, 5) is 19.1. The molecular weight excluding hydrogens is 176 g/mol. The van der Waals surface area contributed by atoms with Crippen molar-refractivity contribution in [1.29, 1.82) is 0 Å². The summed E-state index contributed by atoms with van der Waals surface area (Å²) in [7, 11) is 0. The molecule has 60 valence electrons. The van der Waals surface area contributed by atoms with Gasteiger partial charge in [0.25, 0.3) is 0 Å². The third-order valence-corrected chi connectivity index (χ3v) is 1.98. The zero-order valence-electron chi connectivity index (χ0n) is 6.07. The second kappa shape index (κ2) is 2.68. The molecule has 2 heterocycles. The van der Waals surface area contributed by atoms with Crippen LogP contribution in [0.3, 0.4) is 0 Å². The van der Waals surface area contributed by atoms with Crippen molar-refractivity contribution in [2.24, 2.45) is 9.98 Å². The molecule has 0 N–H and O–H groups in total. The molecule has 2 aliphatic heterocycles. The Labute approximate surface area is 74.2 Å². The van der Waals surface area contributed by atoms with Crippen LogP contribution in [0.15, 0.2) is 33.9 Å². The Balaban J connectivity index is 2.50.